The van der Waals surface area contributed by atoms with Crippen LogP contribution in [0.5, 0.6) is 0 Å². The predicted octanol–water partition coefficient (Wildman–Crippen LogP) is -0.0848. The van der Waals surface area contributed by atoms with Crippen LogP contribution < -0.4 is 0 Å². The van der Waals surface area contributed by atoms with Gasteiger partial charge in [0.05, 0.1) is 5.75 Å². The molecular formula is C7H17NO5S. The van der Waals surface area contributed by atoms with Crippen molar-refractivity contribution < 1.29 is 22.9 Å². The van der Waals surface area contributed by atoms with Crippen molar-refractivity contribution in [3.63, 3.8) is 0 Å². The minimum absolute atomic E-state index is 0.201. The van der Waals surface area contributed by atoms with Gasteiger partial charge in [-0.1, -0.05) is 0 Å². The topological polar surface area (TPSA) is 94.9 Å². The van der Waals surface area contributed by atoms with Crippen molar-refractivity contribution in [1.82, 2.24) is 4.90 Å². The average molecular weight is 227 g/mol. The number of hydrogen-bond acceptors (Lipinski definition) is 4. The molecule has 0 fully saturated rings. The van der Waals surface area contributed by atoms with Crippen molar-refractivity contribution in [2.75, 3.05) is 19.8 Å². The highest BCUT2D eigenvalue weighted by molar-refractivity contribution is 7.85. The predicted molar refractivity (Wildman–Crippen MR) is 52.9 cm³/mol. The van der Waals surface area contributed by atoms with Gasteiger partial charge < -0.3 is 5.11 Å². The second kappa shape index (κ2) is 6.74. The summed E-state index contributed by atoms with van der Waals surface area (Å²) in [5.41, 5.74) is 0. The van der Waals surface area contributed by atoms with Crippen LogP contribution in [-0.4, -0.2) is 54.8 Å². The minimum atomic E-state index is -3.66. The molecule has 0 aromatic rings. The summed E-state index contributed by atoms with van der Waals surface area (Å²) in [6.07, 6.45) is 0. The van der Waals surface area contributed by atoms with Crippen molar-refractivity contribution in [2.24, 2.45) is 0 Å². The van der Waals surface area contributed by atoms with E-state index in [-0.39, 0.29) is 11.8 Å². The zero-order valence-corrected chi connectivity index (χ0v) is 9.58. The van der Waals surface area contributed by atoms with Crippen LogP contribution in [0.25, 0.3) is 0 Å². The lowest BCUT2D eigenvalue weighted by atomic mass is 10.3. The largest absolute Gasteiger partial charge is 0.480 e. The van der Waals surface area contributed by atoms with E-state index in [0.29, 0.717) is 0 Å². The lowest BCUT2D eigenvalue weighted by molar-refractivity contribution is -0.141. The first kappa shape index (κ1) is 15.8. The highest BCUT2D eigenvalue weighted by atomic mass is 32.2. The smallest absolute Gasteiger partial charge is 0.320 e. The number of aliphatic carboxylic acids is 1. The van der Waals surface area contributed by atoms with E-state index in [1.165, 1.54) is 6.92 Å². The number of rotatable bonds is 3. The van der Waals surface area contributed by atoms with Gasteiger partial charge >= 0.3 is 5.97 Å². The second-order valence-corrected chi connectivity index (χ2v) is 4.59. The van der Waals surface area contributed by atoms with E-state index in [9.17, 15) is 13.2 Å². The van der Waals surface area contributed by atoms with Gasteiger partial charge in [0, 0.05) is 0 Å². The molecule has 0 aromatic carbocycles. The van der Waals surface area contributed by atoms with Gasteiger partial charge in [-0.05, 0) is 27.9 Å². The molecule has 6 nitrogen and oxygen atoms in total. The Balaban J connectivity index is 0. The van der Waals surface area contributed by atoms with Crippen LogP contribution in [0.4, 0.5) is 0 Å². The minimum Gasteiger partial charge on any atom is -0.480 e. The number of carboxylic acids is 1. The fourth-order valence-electron chi connectivity index (χ4n) is 0.221. The molecule has 0 rings (SSSR count). The summed E-state index contributed by atoms with van der Waals surface area (Å²) in [6.45, 7) is 3.01. The van der Waals surface area contributed by atoms with Gasteiger partial charge in [0.2, 0.25) is 0 Å². The van der Waals surface area contributed by atoms with Crippen molar-refractivity contribution in [3.05, 3.63) is 0 Å². The number of likely N-dealkylation sites (N-methyl/N-ethyl adjacent to an activating group) is 1. The first-order valence-electron chi connectivity index (χ1n) is 3.96. The maximum atomic E-state index is 10.1. The van der Waals surface area contributed by atoms with E-state index < -0.39 is 16.1 Å². The highest BCUT2D eigenvalue weighted by Crippen LogP contribution is 1.88. The summed E-state index contributed by atoms with van der Waals surface area (Å²) in [5, 5.41) is 8.31. The molecule has 0 heterocycles. The van der Waals surface area contributed by atoms with E-state index in [2.05, 4.69) is 0 Å². The maximum absolute atomic E-state index is 10.1. The molecule has 0 amide bonds. The molecule has 2 N–H and O–H groups in total. The molecule has 0 saturated carbocycles. The Morgan fingerprint density at radius 1 is 1.43 bits per heavy atom. The van der Waals surface area contributed by atoms with E-state index in [1.54, 1.807) is 25.9 Å². The van der Waals surface area contributed by atoms with Gasteiger partial charge in [0.25, 0.3) is 10.1 Å². The second-order valence-electron chi connectivity index (χ2n) is 2.85. The Morgan fingerprint density at radius 2 is 1.71 bits per heavy atom. The monoisotopic (exact) mass is 227 g/mol. The molecule has 0 radical (unpaired) electrons. The van der Waals surface area contributed by atoms with E-state index in [4.69, 9.17) is 9.66 Å². The van der Waals surface area contributed by atoms with Crippen LogP contribution in [0.1, 0.15) is 13.8 Å². The average Bonchev–Trinajstić information content (AvgIpc) is 2.02. The van der Waals surface area contributed by atoms with Gasteiger partial charge in [0.15, 0.2) is 0 Å². The molecule has 0 bridgehead atoms. The van der Waals surface area contributed by atoms with E-state index in [1.807, 2.05) is 0 Å². The van der Waals surface area contributed by atoms with E-state index in [0.717, 1.165) is 0 Å². The Hall–Kier alpha value is -0.660. The Labute approximate surface area is 84.3 Å². The molecule has 0 aromatic heterocycles. The molecular weight excluding hydrogens is 210 g/mol. The first-order valence-corrected chi connectivity index (χ1v) is 5.57. The summed E-state index contributed by atoms with van der Waals surface area (Å²) >= 11 is 0. The van der Waals surface area contributed by atoms with Gasteiger partial charge in [-0.2, -0.15) is 8.42 Å². The Morgan fingerprint density at radius 3 is 1.71 bits per heavy atom. The van der Waals surface area contributed by atoms with Gasteiger partial charge in [-0.25, -0.2) is 0 Å². The molecule has 0 aliphatic carbocycles. The molecule has 0 spiro atoms. The molecule has 1 atom stereocenters. The SMILES string of the molecule is CC(C(=O)O)N(C)C.CCS(=O)(=O)O. The van der Waals surface area contributed by atoms with Crippen LogP contribution >= 0.6 is 0 Å². The van der Waals surface area contributed by atoms with Gasteiger partial charge in [-0.15, -0.1) is 0 Å². The van der Waals surface area contributed by atoms with Crippen molar-refractivity contribution >= 4 is 16.1 Å². The lowest BCUT2D eigenvalue weighted by Gasteiger charge is -2.13. The van der Waals surface area contributed by atoms with Crippen LogP contribution in [-0.2, 0) is 14.9 Å². The molecule has 1 unspecified atom stereocenters. The third kappa shape index (κ3) is 11.3. The quantitative estimate of drug-likeness (QED) is 0.654. The van der Waals surface area contributed by atoms with Crippen LogP contribution in [0.15, 0.2) is 0 Å². The summed E-state index contributed by atoms with van der Waals surface area (Å²) in [5.74, 6) is -0.984. The zero-order chi connectivity index (χ0) is 11.9. The summed E-state index contributed by atoms with van der Waals surface area (Å²) in [4.78, 5) is 11.7. The van der Waals surface area contributed by atoms with Crippen molar-refractivity contribution in [3.8, 4) is 0 Å². The van der Waals surface area contributed by atoms with Gasteiger partial charge in [-0.3, -0.25) is 14.2 Å². The molecule has 0 aliphatic rings. The molecule has 86 valence electrons. The highest BCUT2D eigenvalue weighted by Gasteiger charge is 2.11. The van der Waals surface area contributed by atoms with Crippen molar-refractivity contribution in [1.29, 1.82) is 0 Å². The first-order chi connectivity index (χ1) is 6.11. The normalized spacial score (nSPS) is 13.0. The summed E-state index contributed by atoms with van der Waals surface area (Å²) in [7, 11) is -0.192. The Kier molecular flexibility index (Phi) is 7.61. The summed E-state index contributed by atoms with van der Waals surface area (Å²) < 4.78 is 26.9. The van der Waals surface area contributed by atoms with E-state index >= 15 is 0 Å². The fraction of sp³-hybridized carbons (Fsp3) is 0.857. The van der Waals surface area contributed by atoms with Crippen LogP contribution in [0, 0.1) is 0 Å². The number of hydrogen-bond donors (Lipinski definition) is 2. The molecule has 0 saturated heterocycles. The maximum Gasteiger partial charge on any atom is 0.320 e. The zero-order valence-electron chi connectivity index (χ0n) is 8.76. The Bertz CT molecular complexity index is 259. The van der Waals surface area contributed by atoms with Gasteiger partial charge in [0.1, 0.15) is 6.04 Å². The third-order valence-electron chi connectivity index (χ3n) is 1.50. The number of carbonyl (C=O) groups is 1. The molecule has 14 heavy (non-hydrogen) atoms. The lowest BCUT2D eigenvalue weighted by Crippen LogP contribution is -2.32. The standard InChI is InChI=1S/C5H11NO2.C2H6O3S/c1-4(5(7)8)6(2)3;1-2-6(3,4)5/h4H,1-3H3,(H,7,8);2H2,1H3,(H,3,4,5). The number of nitrogens with zero attached hydrogens (tertiary/aromatic N) is 1. The molecule has 0 aliphatic heterocycles. The molecule has 7 heteroatoms. The third-order valence-corrected chi connectivity index (χ3v) is 2.23. The van der Waals surface area contributed by atoms with Crippen molar-refractivity contribution in [2.45, 2.75) is 19.9 Å². The number of carboxylic acid groups (broad SMARTS) is 1. The van der Waals surface area contributed by atoms with Crippen LogP contribution in [0.3, 0.4) is 0 Å². The summed E-state index contributed by atoms with van der Waals surface area (Å²) in [6, 6.07) is -0.380. The fourth-order valence-corrected chi connectivity index (χ4v) is 0.221. The van der Waals surface area contributed by atoms with Crippen LogP contribution in [0.2, 0.25) is 0 Å².